The predicted octanol–water partition coefficient (Wildman–Crippen LogP) is 1.17. The summed E-state index contributed by atoms with van der Waals surface area (Å²) in [6.45, 7) is 1.91. The van der Waals surface area contributed by atoms with E-state index < -0.39 is 0 Å². The number of rotatable bonds is 4. The third-order valence-electron chi connectivity index (χ3n) is 5.89. The van der Waals surface area contributed by atoms with E-state index in [1.54, 1.807) is 11.2 Å². The summed E-state index contributed by atoms with van der Waals surface area (Å²) in [6.07, 6.45) is 3.77. The van der Waals surface area contributed by atoms with Crippen LogP contribution in [0.15, 0.2) is 36.7 Å². The van der Waals surface area contributed by atoms with Gasteiger partial charge >= 0.3 is 0 Å². The highest BCUT2D eigenvalue weighted by molar-refractivity contribution is 5.86. The number of para-hydroxylation sites is 1. The quantitative estimate of drug-likeness (QED) is 0.650. The summed E-state index contributed by atoms with van der Waals surface area (Å²) in [7, 11) is 1.92. The van der Waals surface area contributed by atoms with Gasteiger partial charge in [-0.25, -0.2) is 0 Å². The molecule has 1 saturated heterocycles. The molecule has 154 valence electrons. The molecule has 0 radical (unpaired) electrons. The Morgan fingerprint density at radius 3 is 2.73 bits per heavy atom. The lowest BCUT2D eigenvalue weighted by Crippen LogP contribution is -2.43. The number of amides is 2. The van der Waals surface area contributed by atoms with Gasteiger partial charge in [0.05, 0.1) is 6.54 Å². The van der Waals surface area contributed by atoms with Crippen molar-refractivity contribution in [2.24, 2.45) is 7.05 Å². The maximum absolute atomic E-state index is 12.9. The molecule has 2 aliphatic heterocycles. The van der Waals surface area contributed by atoms with Gasteiger partial charge in [-0.3, -0.25) is 18.8 Å². The molecule has 2 amide bonds. The van der Waals surface area contributed by atoms with Crippen molar-refractivity contribution < 1.29 is 9.59 Å². The highest BCUT2D eigenvalue weighted by atomic mass is 16.2. The largest absolute Gasteiger partial charge is 0.336 e. The van der Waals surface area contributed by atoms with Crippen molar-refractivity contribution in [1.82, 2.24) is 34.3 Å². The van der Waals surface area contributed by atoms with Gasteiger partial charge in [-0.15, -0.1) is 10.2 Å². The number of hydrogen-bond acceptors (Lipinski definition) is 5. The molecule has 2 aliphatic rings. The van der Waals surface area contributed by atoms with Crippen LogP contribution in [0.3, 0.4) is 0 Å². The summed E-state index contributed by atoms with van der Waals surface area (Å²) in [4.78, 5) is 28.3. The van der Waals surface area contributed by atoms with E-state index in [-0.39, 0.29) is 18.4 Å². The molecule has 0 atom stereocenters. The van der Waals surface area contributed by atoms with Crippen LogP contribution in [0.2, 0.25) is 0 Å². The summed E-state index contributed by atoms with van der Waals surface area (Å²) in [5.74, 6) is 0.705. The van der Waals surface area contributed by atoms with Gasteiger partial charge in [0.15, 0.2) is 5.82 Å². The zero-order chi connectivity index (χ0) is 20.7. The van der Waals surface area contributed by atoms with Crippen LogP contribution in [-0.2, 0) is 29.6 Å². The number of benzene rings is 1. The van der Waals surface area contributed by atoms with Crippen molar-refractivity contribution in [2.75, 3.05) is 19.6 Å². The number of nitrogens with zero attached hydrogens (tertiary/aromatic N) is 7. The first-order valence-electron chi connectivity index (χ1n) is 10.2. The van der Waals surface area contributed by atoms with Gasteiger partial charge in [0.25, 0.3) is 0 Å². The van der Waals surface area contributed by atoms with Gasteiger partial charge < -0.3 is 9.80 Å². The Hall–Kier alpha value is -3.49. The molecule has 3 aromatic rings. The number of likely N-dealkylation sites (tertiary alicyclic amines) is 1. The molecule has 2 aromatic heterocycles. The highest BCUT2D eigenvalue weighted by Gasteiger charge is 2.31. The standard InChI is InChI=1S/C21H23N7O2/c1-25-17-9-11-27(19(30)13-26-10-5-8-18(26)29)12-16(17)20(24-25)21-23-22-14-28(21)15-6-3-2-4-7-15/h2-4,6-7,14H,5,8-13H2,1H3. The lowest BCUT2D eigenvalue weighted by atomic mass is 10.0. The third-order valence-corrected chi connectivity index (χ3v) is 5.89. The molecule has 5 rings (SSSR count). The van der Waals surface area contributed by atoms with Crippen LogP contribution in [0.5, 0.6) is 0 Å². The molecule has 1 fully saturated rings. The van der Waals surface area contributed by atoms with Crippen LogP contribution in [0, 0.1) is 0 Å². The van der Waals surface area contributed by atoms with Crippen molar-refractivity contribution in [1.29, 1.82) is 0 Å². The minimum absolute atomic E-state index is 0.0183. The van der Waals surface area contributed by atoms with Gasteiger partial charge in [0.2, 0.25) is 11.8 Å². The van der Waals surface area contributed by atoms with Gasteiger partial charge in [-0.05, 0) is 18.6 Å². The average molecular weight is 405 g/mol. The van der Waals surface area contributed by atoms with E-state index in [1.807, 2.05) is 51.5 Å². The van der Waals surface area contributed by atoms with E-state index >= 15 is 0 Å². The van der Waals surface area contributed by atoms with E-state index in [9.17, 15) is 9.59 Å². The fourth-order valence-corrected chi connectivity index (χ4v) is 4.29. The topological polar surface area (TPSA) is 89.2 Å². The Balaban J connectivity index is 1.44. The molecule has 0 saturated carbocycles. The zero-order valence-corrected chi connectivity index (χ0v) is 16.9. The van der Waals surface area contributed by atoms with Crippen LogP contribution in [0.25, 0.3) is 17.2 Å². The van der Waals surface area contributed by atoms with Gasteiger partial charge in [0.1, 0.15) is 12.0 Å². The van der Waals surface area contributed by atoms with Crippen LogP contribution < -0.4 is 0 Å². The van der Waals surface area contributed by atoms with Crippen LogP contribution >= 0.6 is 0 Å². The second-order valence-corrected chi connectivity index (χ2v) is 7.74. The zero-order valence-electron chi connectivity index (χ0n) is 16.9. The summed E-state index contributed by atoms with van der Waals surface area (Å²) in [5, 5.41) is 13.2. The normalized spacial score (nSPS) is 16.2. The Morgan fingerprint density at radius 2 is 1.97 bits per heavy atom. The fraction of sp³-hybridized carbons (Fsp3) is 0.381. The minimum atomic E-state index is -0.0183. The van der Waals surface area contributed by atoms with Crippen molar-refractivity contribution in [2.45, 2.75) is 25.8 Å². The molecule has 30 heavy (non-hydrogen) atoms. The highest BCUT2D eigenvalue weighted by Crippen LogP contribution is 2.30. The van der Waals surface area contributed by atoms with Crippen molar-refractivity contribution in [3.8, 4) is 17.2 Å². The minimum Gasteiger partial charge on any atom is -0.336 e. The van der Waals surface area contributed by atoms with Gasteiger partial charge in [0, 0.05) is 56.5 Å². The molecule has 9 nitrogen and oxygen atoms in total. The van der Waals surface area contributed by atoms with Gasteiger partial charge in [-0.1, -0.05) is 18.2 Å². The van der Waals surface area contributed by atoms with E-state index in [4.69, 9.17) is 5.10 Å². The monoisotopic (exact) mass is 405 g/mol. The number of carbonyl (C=O) groups is 2. The lowest BCUT2D eigenvalue weighted by molar-refractivity contribution is -0.139. The third kappa shape index (κ3) is 3.16. The molecule has 0 unspecified atom stereocenters. The number of aromatic nitrogens is 5. The molecule has 0 bridgehead atoms. The van der Waals surface area contributed by atoms with Gasteiger partial charge in [-0.2, -0.15) is 5.10 Å². The summed E-state index contributed by atoms with van der Waals surface area (Å²) >= 11 is 0. The van der Waals surface area contributed by atoms with E-state index in [0.29, 0.717) is 31.9 Å². The molecule has 9 heteroatoms. The maximum atomic E-state index is 12.9. The Morgan fingerprint density at radius 1 is 1.13 bits per heavy atom. The first kappa shape index (κ1) is 18.5. The second-order valence-electron chi connectivity index (χ2n) is 7.74. The molecule has 1 aromatic carbocycles. The Bertz CT molecular complexity index is 1100. The summed E-state index contributed by atoms with van der Waals surface area (Å²) in [6, 6.07) is 9.88. The van der Waals surface area contributed by atoms with E-state index in [1.165, 1.54) is 0 Å². The van der Waals surface area contributed by atoms with Crippen molar-refractivity contribution in [3.63, 3.8) is 0 Å². The number of aryl methyl sites for hydroxylation is 1. The number of carbonyl (C=O) groups excluding carboxylic acids is 2. The van der Waals surface area contributed by atoms with Crippen molar-refractivity contribution in [3.05, 3.63) is 47.9 Å². The molecule has 0 spiro atoms. The SMILES string of the molecule is Cn1nc(-c2nncn2-c2ccccc2)c2c1CCN(C(=O)CN1CCCC1=O)C2. The fourth-order valence-electron chi connectivity index (χ4n) is 4.29. The smallest absolute Gasteiger partial charge is 0.242 e. The number of hydrogen-bond donors (Lipinski definition) is 0. The average Bonchev–Trinajstić information content (AvgIpc) is 3.48. The molecule has 0 aliphatic carbocycles. The van der Waals surface area contributed by atoms with Crippen LogP contribution in [0.1, 0.15) is 24.1 Å². The molecular formula is C21H23N7O2. The lowest BCUT2D eigenvalue weighted by Gasteiger charge is -2.29. The summed E-state index contributed by atoms with van der Waals surface area (Å²) in [5.41, 5.74) is 3.79. The van der Waals surface area contributed by atoms with Crippen LogP contribution in [0.4, 0.5) is 0 Å². The first-order valence-corrected chi connectivity index (χ1v) is 10.2. The van der Waals surface area contributed by atoms with Crippen molar-refractivity contribution >= 4 is 11.8 Å². The van der Waals surface area contributed by atoms with E-state index in [2.05, 4.69) is 10.2 Å². The van der Waals surface area contributed by atoms with E-state index in [0.717, 1.165) is 35.5 Å². The second kappa shape index (κ2) is 7.40. The first-order chi connectivity index (χ1) is 14.6. The van der Waals surface area contributed by atoms with Crippen LogP contribution in [-0.4, -0.2) is 65.8 Å². The molecule has 0 N–H and O–H groups in total. The Labute approximate surface area is 173 Å². The summed E-state index contributed by atoms with van der Waals surface area (Å²) < 4.78 is 3.78. The predicted molar refractivity (Wildman–Crippen MR) is 108 cm³/mol. The number of fused-ring (bicyclic) bond motifs is 1. The maximum Gasteiger partial charge on any atom is 0.242 e. The Kier molecular flexibility index (Phi) is 4.57. The molecular weight excluding hydrogens is 382 g/mol. The molecule has 4 heterocycles.